The van der Waals surface area contributed by atoms with Gasteiger partial charge in [0.25, 0.3) is 0 Å². The maximum absolute atomic E-state index is 14.1. The molecule has 2 unspecified atom stereocenters. The van der Waals surface area contributed by atoms with E-state index in [0.29, 0.717) is 6.54 Å². The van der Waals surface area contributed by atoms with Crippen molar-refractivity contribution in [1.82, 2.24) is 5.32 Å². The molecule has 2 atom stereocenters. The Kier molecular flexibility index (Phi) is 6.25. The van der Waals surface area contributed by atoms with Crippen molar-refractivity contribution in [3.05, 3.63) is 29.3 Å². The Morgan fingerprint density at radius 1 is 1.20 bits per heavy atom. The van der Waals surface area contributed by atoms with Gasteiger partial charge in [-0.2, -0.15) is 0 Å². The zero-order valence-corrected chi connectivity index (χ0v) is 15.4. The number of alkyl carbamates (subject to hydrolysis) is 1. The molecule has 1 aliphatic carbocycles. The minimum absolute atomic E-state index is 0.0136. The summed E-state index contributed by atoms with van der Waals surface area (Å²) >= 11 is 0. The molecule has 1 saturated carbocycles. The maximum Gasteiger partial charge on any atom is 0.407 e. The van der Waals surface area contributed by atoms with Crippen LogP contribution in [0.4, 0.5) is 19.3 Å². The summed E-state index contributed by atoms with van der Waals surface area (Å²) in [7, 11) is 0. The molecule has 1 amide bonds. The van der Waals surface area contributed by atoms with Crippen molar-refractivity contribution in [2.24, 2.45) is 5.92 Å². The highest BCUT2D eigenvalue weighted by atomic mass is 19.1. The molecule has 6 heteroatoms. The van der Waals surface area contributed by atoms with Gasteiger partial charge in [-0.15, -0.1) is 0 Å². The van der Waals surface area contributed by atoms with Crippen LogP contribution in [0.15, 0.2) is 12.1 Å². The van der Waals surface area contributed by atoms with E-state index in [0.717, 1.165) is 25.7 Å². The SMILES string of the molecule is Cc1cc(F)c(NC2CCCCC2CNC(=O)OC(C)(C)C)cc1F. The van der Waals surface area contributed by atoms with Crippen LogP contribution in [0.3, 0.4) is 0 Å². The zero-order valence-electron chi connectivity index (χ0n) is 15.4. The van der Waals surface area contributed by atoms with Crippen LogP contribution in [0.5, 0.6) is 0 Å². The Bertz CT molecular complexity index is 614. The molecule has 0 radical (unpaired) electrons. The summed E-state index contributed by atoms with van der Waals surface area (Å²) in [5.74, 6) is -0.739. The summed E-state index contributed by atoms with van der Waals surface area (Å²) in [6.07, 6.45) is 3.41. The average Bonchev–Trinajstić information content (AvgIpc) is 2.50. The molecule has 1 aliphatic rings. The first-order chi connectivity index (χ1) is 11.7. The quantitative estimate of drug-likeness (QED) is 0.819. The van der Waals surface area contributed by atoms with E-state index in [1.54, 1.807) is 0 Å². The number of ether oxygens (including phenoxy) is 1. The second-order valence-corrected chi connectivity index (χ2v) is 7.76. The molecule has 1 fully saturated rings. The normalized spacial score (nSPS) is 20.9. The topological polar surface area (TPSA) is 50.4 Å². The predicted octanol–water partition coefficient (Wildman–Crippen LogP) is 4.77. The van der Waals surface area contributed by atoms with Gasteiger partial charge in [-0.1, -0.05) is 12.8 Å². The molecule has 0 aliphatic heterocycles. The summed E-state index contributed by atoms with van der Waals surface area (Å²) in [5, 5.41) is 5.92. The number of carbonyl (C=O) groups excluding carboxylic acids is 1. The number of nitrogens with one attached hydrogen (secondary N) is 2. The lowest BCUT2D eigenvalue weighted by atomic mass is 9.84. The van der Waals surface area contributed by atoms with E-state index in [2.05, 4.69) is 10.6 Å². The van der Waals surface area contributed by atoms with Gasteiger partial charge >= 0.3 is 6.09 Å². The Hall–Kier alpha value is -1.85. The van der Waals surface area contributed by atoms with Crippen molar-refractivity contribution < 1.29 is 18.3 Å². The first-order valence-electron chi connectivity index (χ1n) is 8.85. The van der Waals surface area contributed by atoms with Crippen molar-refractivity contribution in [2.75, 3.05) is 11.9 Å². The monoisotopic (exact) mass is 354 g/mol. The summed E-state index contributed by atoms with van der Waals surface area (Å²) < 4.78 is 33.1. The number of aryl methyl sites for hydroxylation is 1. The van der Waals surface area contributed by atoms with Gasteiger partial charge in [0.2, 0.25) is 0 Å². The summed E-state index contributed by atoms with van der Waals surface area (Å²) in [6, 6.07) is 2.40. The van der Waals surface area contributed by atoms with Gasteiger partial charge in [-0.05, 0) is 58.1 Å². The lowest BCUT2D eigenvalue weighted by Gasteiger charge is -2.33. The standard InChI is InChI=1S/C19H28F2N2O2/c1-12-9-15(21)17(10-14(12)20)23-16-8-6-5-7-13(16)11-22-18(24)25-19(2,3)4/h9-10,13,16,23H,5-8,11H2,1-4H3,(H,22,24). The molecule has 140 valence electrons. The number of amides is 1. The van der Waals surface area contributed by atoms with Gasteiger partial charge in [0, 0.05) is 18.7 Å². The first kappa shape index (κ1) is 19.5. The van der Waals surface area contributed by atoms with Crippen molar-refractivity contribution in [3.8, 4) is 0 Å². The highest BCUT2D eigenvalue weighted by molar-refractivity contribution is 5.67. The second-order valence-electron chi connectivity index (χ2n) is 7.76. The Morgan fingerprint density at radius 2 is 1.88 bits per heavy atom. The van der Waals surface area contributed by atoms with Crippen molar-refractivity contribution in [3.63, 3.8) is 0 Å². The van der Waals surface area contributed by atoms with E-state index < -0.39 is 23.3 Å². The molecule has 0 bridgehead atoms. The zero-order chi connectivity index (χ0) is 18.6. The van der Waals surface area contributed by atoms with Crippen LogP contribution in [0, 0.1) is 24.5 Å². The minimum atomic E-state index is -0.545. The van der Waals surface area contributed by atoms with Crippen LogP contribution in [0.25, 0.3) is 0 Å². The van der Waals surface area contributed by atoms with Crippen molar-refractivity contribution >= 4 is 11.8 Å². The molecular formula is C19H28F2N2O2. The van der Waals surface area contributed by atoms with Crippen LogP contribution in [-0.2, 0) is 4.74 Å². The van der Waals surface area contributed by atoms with E-state index in [9.17, 15) is 13.6 Å². The minimum Gasteiger partial charge on any atom is -0.444 e. The molecule has 0 aromatic heterocycles. The summed E-state index contributed by atoms with van der Waals surface area (Å²) in [4.78, 5) is 11.8. The van der Waals surface area contributed by atoms with E-state index >= 15 is 0 Å². The van der Waals surface area contributed by atoms with Gasteiger partial charge < -0.3 is 15.4 Å². The van der Waals surface area contributed by atoms with E-state index in [4.69, 9.17) is 4.74 Å². The molecule has 2 rings (SSSR count). The van der Waals surface area contributed by atoms with E-state index in [1.807, 2.05) is 20.8 Å². The molecule has 2 N–H and O–H groups in total. The van der Waals surface area contributed by atoms with Crippen LogP contribution < -0.4 is 10.6 Å². The van der Waals surface area contributed by atoms with Crippen LogP contribution in [0.1, 0.15) is 52.0 Å². The fourth-order valence-corrected chi connectivity index (χ4v) is 3.13. The smallest absolute Gasteiger partial charge is 0.407 e. The van der Waals surface area contributed by atoms with Crippen LogP contribution >= 0.6 is 0 Å². The van der Waals surface area contributed by atoms with E-state index in [1.165, 1.54) is 19.1 Å². The summed E-state index contributed by atoms with van der Waals surface area (Å²) in [5.41, 5.74) is -0.0799. The third-order valence-electron chi connectivity index (χ3n) is 4.41. The predicted molar refractivity (Wildman–Crippen MR) is 94.7 cm³/mol. The molecule has 25 heavy (non-hydrogen) atoms. The van der Waals surface area contributed by atoms with Gasteiger partial charge in [0.15, 0.2) is 0 Å². The number of hydrogen-bond donors (Lipinski definition) is 2. The molecular weight excluding hydrogens is 326 g/mol. The molecule has 0 heterocycles. The Labute approximate surface area is 148 Å². The number of hydrogen-bond acceptors (Lipinski definition) is 3. The van der Waals surface area contributed by atoms with Gasteiger partial charge in [0.1, 0.15) is 17.2 Å². The number of rotatable bonds is 4. The number of halogens is 2. The fourth-order valence-electron chi connectivity index (χ4n) is 3.13. The van der Waals surface area contributed by atoms with Crippen LogP contribution in [-0.4, -0.2) is 24.3 Å². The van der Waals surface area contributed by atoms with E-state index in [-0.39, 0.29) is 23.2 Å². The van der Waals surface area contributed by atoms with Crippen LogP contribution in [0.2, 0.25) is 0 Å². The number of benzene rings is 1. The largest absolute Gasteiger partial charge is 0.444 e. The van der Waals surface area contributed by atoms with Crippen molar-refractivity contribution in [1.29, 1.82) is 0 Å². The van der Waals surface area contributed by atoms with Crippen molar-refractivity contribution in [2.45, 2.75) is 65.0 Å². The molecule has 0 saturated heterocycles. The second kappa shape index (κ2) is 8.02. The van der Waals surface area contributed by atoms with Gasteiger partial charge in [-0.3, -0.25) is 0 Å². The summed E-state index contributed by atoms with van der Waals surface area (Å²) in [6.45, 7) is 7.42. The third-order valence-corrected chi connectivity index (χ3v) is 4.41. The number of anilines is 1. The third kappa shape index (κ3) is 5.87. The highest BCUT2D eigenvalue weighted by Gasteiger charge is 2.27. The van der Waals surface area contributed by atoms with Gasteiger partial charge in [0.05, 0.1) is 5.69 Å². The first-order valence-corrected chi connectivity index (χ1v) is 8.85. The Morgan fingerprint density at radius 3 is 2.56 bits per heavy atom. The Balaban J connectivity index is 1.99. The number of carbonyl (C=O) groups is 1. The molecule has 1 aromatic rings. The molecule has 4 nitrogen and oxygen atoms in total. The van der Waals surface area contributed by atoms with Gasteiger partial charge in [-0.25, -0.2) is 13.6 Å². The lowest BCUT2D eigenvalue weighted by molar-refractivity contribution is 0.0514. The lowest BCUT2D eigenvalue weighted by Crippen LogP contribution is -2.42. The fraction of sp³-hybridized carbons (Fsp3) is 0.632. The highest BCUT2D eigenvalue weighted by Crippen LogP contribution is 2.29. The average molecular weight is 354 g/mol. The maximum atomic E-state index is 14.1. The molecule has 0 spiro atoms. The molecule has 1 aromatic carbocycles.